The van der Waals surface area contributed by atoms with Gasteiger partial charge in [0.25, 0.3) is 0 Å². The smallest absolute Gasteiger partial charge is 0.406 e. The Balaban J connectivity index is 1.85. The molecule has 3 rings (SSSR count). The molecule has 6 atom stereocenters. The molecule has 0 bridgehead atoms. The molecule has 6 N–H and O–H groups in total. The van der Waals surface area contributed by atoms with Gasteiger partial charge >= 0.3 is 13.7 Å². The average molecular weight is 548 g/mol. The summed E-state index contributed by atoms with van der Waals surface area (Å²) in [6, 6.07) is 3.27. The molecule has 1 aliphatic heterocycles. The fourth-order valence-electron chi connectivity index (χ4n) is 3.37. The number of nitriles is 1. The molecule has 1 unspecified atom stereocenters. The van der Waals surface area contributed by atoms with Crippen LogP contribution in [0.15, 0.2) is 18.5 Å². The highest BCUT2D eigenvalue weighted by Gasteiger charge is 2.57. The van der Waals surface area contributed by atoms with Gasteiger partial charge in [-0.25, -0.2) is 27.6 Å². The van der Waals surface area contributed by atoms with Crippen LogP contribution >= 0.6 is 7.75 Å². The van der Waals surface area contributed by atoms with Crippen LogP contribution in [-0.2, 0) is 33.0 Å². The molecule has 0 saturated carbocycles. The van der Waals surface area contributed by atoms with E-state index >= 15 is 0 Å². The molecule has 3 heterocycles. The van der Waals surface area contributed by atoms with Crippen molar-refractivity contribution in [2.24, 2.45) is 0 Å². The lowest BCUT2D eigenvalue weighted by atomic mass is 9.96. The molecule has 18 heteroatoms. The summed E-state index contributed by atoms with van der Waals surface area (Å²) < 4.78 is 53.2. The van der Waals surface area contributed by atoms with Crippen LogP contribution in [0.25, 0.3) is 5.52 Å². The summed E-state index contributed by atoms with van der Waals surface area (Å²) >= 11 is 0. The Morgan fingerprint density at radius 2 is 2.14 bits per heavy atom. The number of rotatable bonds is 11. The van der Waals surface area contributed by atoms with Crippen molar-refractivity contribution in [3.8, 4) is 6.07 Å². The second-order valence-corrected chi connectivity index (χ2v) is 12.1. The lowest BCUT2D eigenvalue weighted by Crippen LogP contribution is -2.46. The highest BCUT2D eigenvalue weighted by molar-refractivity contribution is 7.90. The number of anilines is 1. The van der Waals surface area contributed by atoms with Gasteiger partial charge in [-0.3, -0.25) is 13.8 Å². The maximum atomic E-state index is 13.2. The minimum atomic E-state index is -4.56. The third-order valence-corrected chi connectivity index (χ3v) is 7.93. The maximum Gasteiger partial charge on any atom is 0.406 e. The van der Waals surface area contributed by atoms with Crippen molar-refractivity contribution in [1.29, 1.82) is 5.26 Å². The zero-order valence-corrected chi connectivity index (χ0v) is 20.8. The molecule has 0 aromatic carbocycles. The molecule has 1 saturated heterocycles. The third kappa shape index (κ3) is 5.82. The van der Waals surface area contributed by atoms with Gasteiger partial charge in [-0.2, -0.15) is 10.4 Å². The van der Waals surface area contributed by atoms with Crippen LogP contribution in [0.4, 0.5) is 5.82 Å². The zero-order valence-electron chi connectivity index (χ0n) is 19.1. The lowest BCUT2D eigenvalue weighted by Gasteiger charge is -2.28. The van der Waals surface area contributed by atoms with Gasteiger partial charge in [0.15, 0.2) is 5.82 Å². The summed E-state index contributed by atoms with van der Waals surface area (Å²) in [6.45, 7) is -0.445. The number of aromatic nitrogens is 3. The number of hydrogen-bond donors (Lipinski definition) is 5. The minimum absolute atomic E-state index is 0.130. The molecule has 0 aliphatic carbocycles. The fourth-order valence-corrected chi connectivity index (χ4v) is 5.38. The predicted molar refractivity (Wildman–Crippen MR) is 121 cm³/mol. The Kier molecular flexibility index (Phi) is 8.03. The van der Waals surface area contributed by atoms with E-state index in [2.05, 4.69) is 15.2 Å². The van der Waals surface area contributed by atoms with Crippen LogP contribution in [-0.4, -0.2) is 93.4 Å². The van der Waals surface area contributed by atoms with E-state index in [1.54, 1.807) is 6.07 Å². The number of aliphatic hydroxyl groups excluding tert-OH is 2. The van der Waals surface area contributed by atoms with Crippen LogP contribution in [0.3, 0.4) is 0 Å². The highest BCUT2D eigenvalue weighted by atomic mass is 32.2. The Morgan fingerprint density at radius 3 is 2.75 bits per heavy atom. The highest BCUT2D eigenvalue weighted by Crippen LogP contribution is 2.48. The van der Waals surface area contributed by atoms with Crippen LogP contribution in [0, 0.1) is 11.3 Å². The summed E-state index contributed by atoms with van der Waals surface area (Å²) in [5.74, 6) is -1.85. The van der Waals surface area contributed by atoms with E-state index in [0.717, 1.165) is 19.5 Å². The Hall–Kier alpha value is -2.68. The van der Waals surface area contributed by atoms with Crippen LogP contribution in [0.1, 0.15) is 18.7 Å². The second-order valence-electron chi connectivity index (χ2n) is 8.10. The molecule has 2 aromatic rings. The number of hydrogen-bond acceptors (Lipinski definition) is 13. The van der Waals surface area contributed by atoms with Crippen molar-refractivity contribution in [1.82, 2.24) is 19.7 Å². The molecule has 1 fully saturated rings. The summed E-state index contributed by atoms with van der Waals surface area (Å²) in [6.07, 6.45) is -2.79. The number of fused-ring (bicyclic) bond motifs is 1. The second kappa shape index (κ2) is 10.4. The molecule has 0 spiro atoms. The Bertz CT molecular complexity index is 1330. The number of aliphatic carboxylic acids is 1. The van der Waals surface area contributed by atoms with E-state index in [9.17, 15) is 33.3 Å². The van der Waals surface area contributed by atoms with Gasteiger partial charge in [0.1, 0.15) is 58.7 Å². The lowest BCUT2D eigenvalue weighted by molar-refractivity contribution is -0.138. The molecule has 1 aliphatic rings. The minimum Gasteiger partial charge on any atom is -0.480 e. The first-order chi connectivity index (χ1) is 16.7. The van der Waals surface area contributed by atoms with E-state index < -0.39 is 72.5 Å². The van der Waals surface area contributed by atoms with Crippen molar-refractivity contribution < 1.29 is 46.9 Å². The standard InChI is InChI=1S/C18H25N6O10PS/c1-10(17(27)28)23-35(29,32-5-6-36(2,30)31)33-8-18(7-19)15(26)13(25)14(34-18)11-3-4-12-16(20)21-9-22-24(11)12/h3-4,9-10,13-15,25-26H,5-6,8H2,1-2H3,(H,23,29)(H,27,28)(H2,20,21,22)/t10-,13-,14-,15-,18+,35?/m0/s1. The predicted octanol–water partition coefficient (Wildman–Crippen LogP) is -1.38. The molecule has 0 radical (unpaired) electrons. The zero-order chi connectivity index (χ0) is 26.9. The number of aliphatic hydroxyl groups is 2. The van der Waals surface area contributed by atoms with Gasteiger partial charge in [0.05, 0.1) is 18.1 Å². The van der Waals surface area contributed by atoms with Gasteiger partial charge in [-0.05, 0) is 19.1 Å². The van der Waals surface area contributed by atoms with Crippen LogP contribution in [0.2, 0.25) is 0 Å². The summed E-state index contributed by atoms with van der Waals surface area (Å²) in [7, 11) is -8.08. The van der Waals surface area contributed by atoms with Gasteiger partial charge in [0.2, 0.25) is 5.60 Å². The van der Waals surface area contributed by atoms with Crippen molar-refractivity contribution in [3.63, 3.8) is 0 Å². The van der Waals surface area contributed by atoms with Crippen molar-refractivity contribution in [2.75, 3.05) is 31.0 Å². The van der Waals surface area contributed by atoms with Gasteiger partial charge in [-0.1, -0.05) is 0 Å². The van der Waals surface area contributed by atoms with Crippen molar-refractivity contribution >= 4 is 34.9 Å². The van der Waals surface area contributed by atoms with E-state index in [1.807, 2.05) is 0 Å². The monoisotopic (exact) mass is 548 g/mol. The number of carbonyl (C=O) groups is 1. The average Bonchev–Trinajstić information content (AvgIpc) is 3.32. The van der Waals surface area contributed by atoms with Crippen molar-refractivity contribution in [2.45, 2.75) is 36.9 Å². The SMILES string of the molecule is C[C@H](NP(=O)(OCCS(C)(=O)=O)OC[C@@]1(C#N)O[C@@H](c2ccc3c(N)ncnn23)[C@H](O)[C@@H]1O)C(=O)O. The summed E-state index contributed by atoms with van der Waals surface area (Å²) in [4.78, 5) is 15.1. The summed E-state index contributed by atoms with van der Waals surface area (Å²) in [5.41, 5.74) is 4.11. The molecule has 36 heavy (non-hydrogen) atoms. The van der Waals surface area contributed by atoms with Crippen molar-refractivity contribution in [3.05, 3.63) is 24.2 Å². The van der Waals surface area contributed by atoms with E-state index in [1.165, 1.54) is 16.6 Å². The molecule has 16 nitrogen and oxygen atoms in total. The van der Waals surface area contributed by atoms with Crippen LogP contribution in [0.5, 0.6) is 0 Å². The number of nitrogens with two attached hydrogens (primary N) is 1. The maximum absolute atomic E-state index is 13.2. The topological polar surface area (TPSA) is 249 Å². The number of carboxylic acids is 1. The number of sulfone groups is 1. The molecule has 0 amide bonds. The van der Waals surface area contributed by atoms with E-state index in [0.29, 0.717) is 5.52 Å². The first kappa shape index (κ1) is 27.9. The van der Waals surface area contributed by atoms with Gasteiger partial charge < -0.3 is 25.8 Å². The fraction of sp³-hybridized carbons (Fsp3) is 0.556. The first-order valence-corrected chi connectivity index (χ1v) is 13.9. The van der Waals surface area contributed by atoms with E-state index in [4.69, 9.17) is 24.6 Å². The Morgan fingerprint density at radius 1 is 1.44 bits per heavy atom. The number of nitrogens with zero attached hydrogens (tertiary/aromatic N) is 4. The number of nitrogens with one attached hydrogen (secondary N) is 1. The molecular formula is C18H25N6O10PS. The third-order valence-electron chi connectivity index (χ3n) is 5.33. The molecule has 2 aromatic heterocycles. The van der Waals surface area contributed by atoms with Crippen LogP contribution < -0.4 is 10.8 Å². The van der Waals surface area contributed by atoms with Gasteiger partial charge in [-0.15, -0.1) is 0 Å². The summed E-state index contributed by atoms with van der Waals surface area (Å²) in [5, 5.41) is 46.5. The number of ether oxygens (including phenoxy) is 1. The number of nitrogen functional groups attached to an aromatic ring is 1. The normalized spacial score (nSPS) is 26.9. The largest absolute Gasteiger partial charge is 0.480 e. The Labute approximate surface area is 205 Å². The number of carboxylic acid groups (broad SMARTS) is 1. The molecular weight excluding hydrogens is 523 g/mol. The first-order valence-electron chi connectivity index (χ1n) is 10.3. The molecule has 198 valence electrons. The van der Waals surface area contributed by atoms with E-state index in [-0.39, 0.29) is 11.5 Å². The quantitative estimate of drug-likeness (QED) is 0.203. The van der Waals surface area contributed by atoms with Gasteiger partial charge in [0, 0.05) is 6.26 Å².